The third-order valence-corrected chi connectivity index (χ3v) is 5.11. The van der Waals surface area contributed by atoms with Crippen LogP contribution in [0.2, 0.25) is 0 Å². The van der Waals surface area contributed by atoms with Gasteiger partial charge in [-0.15, -0.1) is 0 Å². The van der Waals surface area contributed by atoms with Crippen molar-refractivity contribution in [3.05, 3.63) is 0 Å². The van der Waals surface area contributed by atoms with Crippen molar-refractivity contribution >= 4 is 0 Å². The Hall–Kier alpha value is -0.0800. The summed E-state index contributed by atoms with van der Waals surface area (Å²) < 4.78 is 5.26. The van der Waals surface area contributed by atoms with E-state index in [1.807, 2.05) is 0 Å². The lowest BCUT2D eigenvalue weighted by Gasteiger charge is -2.21. The van der Waals surface area contributed by atoms with Gasteiger partial charge in [-0.2, -0.15) is 0 Å². The van der Waals surface area contributed by atoms with Gasteiger partial charge < -0.3 is 9.84 Å². The second-order valence-electron chi connectivity index (χ2n) is 7.16. The summed E-state index contributed by atoms with van der Waals surface area (Å²) in [6, 6.07) is 0. The minimum atomic E-state index is 0.153. The van der Waals surface area contributed by atoms with E-state index in [9.17, 15) is 0 Å². The van der Waals surface area contributed by atoms with E-state index in [4.69, 9.17) is 9.84 Å². The highest BCUT2D eigenvalue weighted by molar-refractivity contribution is 4.65. The quantitative estimate of drug-likeness (QED) is 0.383. The Labute approximate surface area is 139 Å². The molecule has 1 aliphatic rings. The van der Waals surface area contributed by atoms with E-state index in [1.54, 1.807) is 0 Å². The van der Waals surface area contributed by atoms with Gasteiger partial charge in [-0.3, -0.25) is 0 Å². The fourth-order valence-electron chi connectivity index (χ4n) is 3.69. The van der Waals surface area contributed by atoms with Crippen molar-refractivity contribution < 1.29 is 9.84 Å². The molecule has 1 rings (SSSR count). The number of hydrogen-bond donors (Lipinski definition) is 1. The van der Waals surface area contributed by atoms with Crippen molar-refractivity contribution in [2.24, 2.45) is 5.92 Å². The summed E-state index contributed by atoms with van der Waals surface area (Å²) in [5, 5.41) is 8.58. The lowest BCUT2D eigenvalue weighted by molar-refractivity contribution is 0.0895. The average molecular weight is 313 g/mol. The third kappa shape index (κ3) is 12.5. The molecule has 0 atom stereocenters. The zero-order valence-corrected chi connectivity index (χ0v) is 14.9. The van der Waals surface area contributed by atoms with Gasteiger partial charge in [-0.1, -0.05) is 96.3 Å². The molecule has 22 heavy (non-hydrogen) atoms. The van der Waals surface area contributed by atoms with Crippen molar-refractivity contribution in [2.75, 3.05) is 19.8 Å². The Balaban J connectivity index is 1.68. The first-order valence-corrected chi connectivity index (χ1v) is 10.1. The van der Waals surface area contributed by atoms with Gasteiger partial charge in [0.15, 0.2) is 0 Å². The molecule has 2 heteroatoms. The van der Waals surface area contributed by atoms with Crippen LogP contribution in [-0.2, 0) is 4.74 Å². The highest BCUT2D eigenvalue weighted by Crippen LogP contribution is 2.28. The Morgan fingerprint density at radius 3 is 1.77 bits per heavy atom. The molecule has 0 unspecified atom stereocenters. The number of aliphatic hydroxyl groups is 1. The van der Waals surface area contributed by atoms with Crippen LogP contribution in [0.15, 0.2) is 0 Å². The predicted octanol–water partition coefficient (Wildman–Crippen LogP) is 5.87. The summed E-state index contributed by atoms with van der Waals surface area (Å²) >= 11 is 0. The summed E-state index contributed by atoms with van der Waals surface area (Å²) in [6.45, 7) is 1.48. The van der Waals surface area contributed by atoms with Gasteiger partial charge in [-0.25, -0.2) is 0 Å². The van der Waals surface area contributed by atoms with Crippen LogP contribution in [0.1, 0.15) is 103 Å². The van der Waals surface area contributed by atoms with Crippen molar-refractivity contribution in [1.82, 2.24) is 0 Å². The first-order valence-electron chi connectivity index (χ1n) is 10.1. The maximum atomic E-state index is 8.58. The lowest BCUT2D eigenvalue weighted by atomic mass is 9.85. The Morgan fingerprint density at radius 2 is 1.18 bits per heavy atom. The highest BCUT2D eigenvalue weighted by Gasteiger charge is 2.12. The summed E-state index contributed by atoms with van der Waals surface area (Å²) in [4.78, 5) is 0. The molecule has 0 heterocycles. The molecule has 1 aliphatic carbocycles. The van der Waals surface area contributed by atoms with Gasteiger partial charge in [0.25, 0.3) is 0 Å². The molecule has 0 bridgehead atoms. The van der Waals surface area contributed by atoms with Crippen molar-refractivity contribution in [1.29, 1.82) is 0 Å². The lowest BCUT2D eigenvalue weighted by Crippen LogP contribution is -2.05. The molecule has 0 aromatic rings. The number of aliphatic hydroxyl groups excluding tert-OH is 1. The van der Waals surface area contributed by atoms with Crippen molar-refractivity contribution in [3.8, 4) is 0 Å². The molecular weight excluding hydrogens is 272 g/mol. The molecule has 1 saturated carbocycles. The maximum Gasteiger partial charge on any atom is 0.0697 e. The van der Waals surface area contributed by atoms with Gasteiger partial charge in [0.2, 0.25) is 0 Å². The zero-order valence-electron chi connectivity index (χ0n) is 14.9. The zero-order chi connectivity index (χ0) is 15.7. The van der Waals surface area contributed by atoms with Gasteiger partial charge in [0, 0.05) is 6.61 Å². The second kappa shape index (κ2) is 15.8. The van der Waals surface area contributed by atoms with Gasteiger partial charge in [0.1, 0.15) is 0 Å². The van der Waals surface area contributed by atoms with Crippen LogP contribution >= 0.6 is 0 Å². The molecular formula is C20H40O2. The van der Waals surface area contributed by atoms with E-state index in [0.29, 0.717) is 6.61 Å². The summed E-state index contributed by atoms with van der Waals surface area (Å²) in [5.41, 5.74) is 0. The Kier molecular flexibility index (Phi) is 14.3. The summed E-state index contributed by atoms with van der Waals surface area (Å²) in [5.74, 6) is 1.08. The first kappa shape index (κ1) is 20.0. The third-order valence-electron chi connectivity index (χ3n) is 5.11. The fourth-order valence-corrected chi connectivity index (χ4v) is 3.69. The fraction of sp³-hybridized carbons (Fsp3) is 1.00. The molecule has 2 nitrogen and oxygen atoms in total. The van der Waals surface area contributed by atoms with Crippen LogP contribution in [0.25, 0.3) is 0 Å². The van der Waals surface area contributed by atoms with Crippen LogP contribution in [0, 0.1) is 5.92 Å². The summed E-state index contributed by atoms with van der Waals surface area (Å²) in [7, 11) is 0. The van der Waals surface area contributed by atoms with E-state index in [0.717, 1.165) is 18.9 Å². The standard InChI is InChI=1S/C20H40O2/c21-17-19-22-18-13-8-6-4-2-1-3-5-7-10-14-20-15-11-9-12-16-20/h20-21H,1-19H2. The smallest absolute Gasteiger partial charge is 0.0697 e. The van der Waals surface area contributed by atoms with Gasteiger partial charge in [-0.05, 0) is 12.3 Å². The minimum absolute atomic E-state index is 0.153. The van der Waals surface area contributed by atoms with E-state index in [2.05, 4.69) is 0 Å². The van der Waals surface area contributed by atoms with Gasteiger partial charge in [0.05, 0.1) is 13.2 Å². The monoisotopic (exact) mass is 312 g/mol. The van der Waals surface area contributed by atoms with E-state index in [-0.39, 0.29) is 6.61 Å². The van der Waals surface area contributed by atoms with Crippen LogP contribution in [0.3, 0.4) is 0 Å². The van der Waals surface area contributed by atoms with Crippen LogP contribution in [0.5, 0.6) is 0 Å². The molecule has 0 radical (unpaired) electrons. The predicted molar refractivity (Wildman–Crippen MR) is 95.3 cm³/mol. The largest absolute Gasteiger partial charge is 0.394 e. The van der Waals surface area contributed by atoms with Crippen LogP contribution in [-0.4, -0.2) is 24.9 Å². The van der Waals surface area contributed by atoms with E-state index >= 15 is 0 Å². The average Bonchev–Trinajstić information content (AvgIpc) is 2.56. The van der Waals surface area contributed by atoms with E-state index < -0.39 is 0 Å². The van der Waals surface area contributed by atoms with Gasteiger partial charge >= 0.3 is 0 Å². The summed E-state index contributed by atoms with van der Waals surface area (Å²) in [6.07, 6.45) is 22.9. The van der Waals surface area contributed by atoms with Crippen molar-refractivity contribution in [3.63, 3.8) is 0 Å². The van der Waals surface area contributed by atoms with Crippen LogP contribution in [0.4, 0.5) is 0 Å². The number of unbranched alkanes of at least 4 members (excludes halogenated alkanes) is 9. The topological polar surface area (TPSA) is 29.5 Å². The molecule has 0 spiro atoms. The Bertz CT molecular complexity index is 212. The second-order valence-corrected chi connectivity index (χ2v) is 7.16. The molecule has 132 valence electrons. The maximum absolute atomic E-state index is 8.58. The molecule has 0 aromatic carbocycles. The molecule has 1 N–H and O–H groups in total. The molecule has 0 aliphatic heterocycles. The normalized spacial score (nSPS) is 16.2. The van der Waals surface area contributed by atoms with Crippen LogP contribution < -0.4 is 0 Å². The number of rotatable bonds is 15. The molecule has 0 amide bonds. The minimum Gasteiger partial charge on any atom is -0.394 e. The molecule has 0 saturated heterocycles. The van der Waals surface area contributed by atoms with Crippen molar-refractivity contribution in [2.45, 2.75) is 103 Å². The molecule has 1 fully saturated rings. The number of ether oxygens (including phenoxy) is 1. The number of hydrogen-bond acceptors (Lipinski definition) is 2. The highest BCUT2D eigenvalue weighted by atomic mass is 16.5. The first-order chi connectivity index (χ1) is 10.9. The van der Waals surface area contributed by atoms with E-state index in [1.165, 1.54) is 96.3 Å². The Morgan fingerprint density at radius 1 is 0.636 bits per heavy atom. The molecule has 0 aromatic heterocycles. The SMILES string of the molecule is OCCOCCCCCCCCCCCCC1CCCCC1.